The van der Waals surface area contributed by atoms with E-state index in [1.807, 2.05) is 60.1 Å². The molecular weight excluding hydrogens is 423 g/mol. The molecule has 0 spiro atoms. The summed E-state index contributed by atoms with van der Waals surface area (Å²) in [4.78, 5) is 13.3. The minimum Gasteiger partial charge on any atom is -0.322 e. The maximum Gasteiger partial charge on any atom is 0.256 e. The maximum absolute atomic E-state index is 12.3. The quantitative estimate of drug-likeness (QED) is 0.632. The van der Waals surface area contributed by atoms with Gasteiger partial charge in [0, 0.05) is 21.2 Å². The number of nitrogens with one attached hydrogen (secondary N) is 1. The minimum absolute atomic E-state index is 0.108. The lowest BCUT2D eigenvalue weighted by Crippen LogP contribution is -2.13. The molecule has 0 saturated heterocycles. The van der Waals surface area contributed by atoms with Crippen LogP contribution in [0.3, 0.4) is 0 Å². The van der Waals surface area contributed by atoms with Crippen molar-refractivity contribution >= 4 is 45.9 Å². The van der Waals surface area contributed by atoms with Crippen LogP contribution in [0.15, 0.2) is 64.9 Å². The summed E-state index contributed by atoms with van der Waals surface area (Å²) in [5, 5.41) is 11.6. The Bertz CT molecular complexity index is 832. The fourth-order valence-electron chi connectivity index (χ4n) is 1.92. The van der Waals surface area contributed by atoms with Gasteiger partial charge >= 0.3 is 0 Å². The molecule has 0 unspecified atom stereocenters. The van der Waals surface area contributed by atoms with Gasteiger partial charge in [0.25, 0.3) is 5.91 Å². The van der Waals surface area contributed by atoms with Gasteiger partial charge in [0.15, 0.2) is 5.16 Å². The van der Waals surface area contributed by atoms with Crippen LogP contribution in [-0.4, -0.2) is 20.7 Å². The number of carbonyl (C=O) groups is 1. The number of hydrogen-bond donors (Lipinski definition) is 1. The lowest BCUT2D eigenvalue weighted by atomic mass is 10.2. The highest BCUT2D eigenvalue weighted by Crippen LogP contribution is 2.26. The number of amides is 1. The number of halogens is 1. The van der Waals surface area contributed by atoms with Crippen molar-refractivity contribution < 1.29 is 4.79 Å². The van der Waals surface area contributed by atoms with Crippen molar-refractivity contribution in [2.24, 2.45) is 7.05 Å². The molecular formula is C16H13IN4OS. The average Bonchev–Trinajstić information content (AvgIpc) is 2.95. The highest BCUT2D eigenvalue weighted by molar-refractivity contribution is 14.1. The molecule has 116 valence electrons. The van der Waals surface area contributed by atoms with Crippen LogP contribution in [0.25, 0.3) is 0 Å². The van der Waals surface area contributed by atoms with Gasteiger partial charge in [-0.1, -0.05) is 12.1 Å². The highest BCUT2D eigenvalue weighted by Gasteiger charge is 2.09. The third kappa shape index (κ3) is 3.91. The van der Waals surface area contributed by atoms with Gasteiger partial charge in [0.2, 0.25) is 0 Å². The van der Waals surface area contributed by atoms with E-state index in [-0.39, 0.29) is 5.91 Å². The summed E-state index contributed by atoms with van der Waals surface area (Å²) < 4.78 is 2.79. The summed E-state index contributed by atoms with van der Waals surface area (Å²) in [6.07, 6.45) is 1.67. The summed E-state index contributed by atoms with van der Waals surface area (Å²) >= 11 is 3.68. The molecule has 0 saturated carbocycles. The van der Waals surface area contributed by atoms with Crippen molar-refractivity contribution in [3.63, 3.8) is 0 Å². The van der Waals surface area contributed by atoms with Gasteiger partial charge in [-0.05, 0) is 70.8 Å². The molecule has 0 atom stereocenters. The zero-order valence-electron chi connectivity index (χ0n) is 12.2. The molecule has 1 heterocycles. The lowest BCUT2D eigenvalue weighted by Gasteiger charge is -2.07. The molecule has 0 aliphatic carbocycles. The van der Waals surface area contributed by atoms with E-state index < -0.39 is 0 Å². The molecule has 0 aliphatic rings. The SMILES string of the molecule is Cn1cnnc1Sc1ccc(NC(=O)c2ccccc2I)cc1. The second-order valence-electron chi connectivity index (χ2n) is 4.78. The van der Waals surface area contributed by atoms with Gasteiger partial charge in [0.1, 0.15) is 6.33 Å². The third-order valence-corrected chi connectivity index (χ3v) is 5.11. The van der Waals surface area contributed by atoms with Crippen molar-refractivity contribution in [2.75, 3.05) is 5.32 Å². The van der Waals surface area contributed by atoms with E-state index in [1.165, 1.54) is 11.8 Å². The number of benzene rings is 2. The summed E-state index contributed by atoms with van der Waals surface area (Å²) in [6.45, 7) is 0. The Kier molecular flexibility index (Phi) is 4.97. The van der Waals surface area contributed by atoms with Crippen LogP contribution in [-0.2, 0) is 7.05 Å². The van der Waals surface area contributed by atoms with E-state index in [9.17, 15) is 4.79 Å². The van der Waals surface area contributed by atoms with Crippen LogP contribution in [0.4, 0.5) is 5.69 Å². The summed E-state index contributed by atoms with van der Waals surface area (Å²) in [5.74, 6) is -0.108. The van der Waals surface area contributed by atoms with Gasteiger partial charge in [-0.15, -0.1) is 10.2 Å². The van der Waals surface area contributed by atoms with Gasteiger partial charge in [0.05, 0.1) is 5.56 Å². The van der Waals surface area contributed by atoms with Gasteiger partial charge in [-0.25, -0.2) is 0 Å². The number of hydrogen-bond acceptors (Lipinski definition) is 4. The number of rotatable bonds is 4. The van der Waals surface area contributed by atoms with E-state index in [0.717, 1.165) is 19.3 Å². The first kappa shape index (κ1) is 16.0. The largest absolute Gasteiger partial charge is 0.322 e. The summed E-state index contributed by atoms with van der Waals surface area (Å²) in [5.41, 5.74) is 1.43. The van der Waals surface area contributed by atoms with Crippen molar-refractivity contribution in [1.82, 2.24) is 14.8 Å². The molecule has 1 amide bonds. The molecule has 23 heavy (non-hydrogen) atoms. The van der Waals surface area contributed by atoms with Crippen molar-refractivity contribution in [1.29, 1.82) is 0 Å². The fourth-order valence-corrected chi connectivity index (χ4v) is 3.31. The number of aromatic nitrogens is 3. The van der Waals surface area contributed by atoms with E-state index in [1.54, 1.807) is 6.33 Å². The topological polar surface area (TPSA) is 59.8 Å². The van der Waals surface area contributed by atoms with Gasteiger partial charge in [-0.3, -0.25) is 4.79 Å². The van der Waals surface area contributed by atoms with Crippen LogP contribution in [0.1, 0.15) is 10.4 Å². The first-order chi connectivity index (χ1) is 11.1. The normalized spacial score (nSPS) is 10.5. The van der Waals surface area contributed by atoms with Crippen LogP contribution in [0, 0.1) is 3.57 Å². The highest BCUT2D eigenvalue weighted by atomic mass is 127. The molecule has 0 aliphatic heterocycles. The number of carbonyl (C=O) groups excluding carboxylic acids is 1. The Morgan fingerprint density at radius 2 is 1.91 bits per heavy atom. The molecule has 3 rings (SSSR count). The smallest absolute Gasteiger partial charge is 0.256 e. The molecule has 1 aromatic heterocycles. The Morgan fingerprint density at radius 3 is 2.57 bits per heavy atom. The molecule has 7 heteroatoms. The number of anilines is 1. The van der Waals surface area contributed by atoms with Crippen LogP contribution < -0.4 is 5.32 Å². The number of aryl methyl sites for hydroxylation is 1. The molecule has 0 radical (unpaired) electrons. The first-order valence-corrected chi connectivity index (χ1v) is 8.71. The van der Waals surface area contributed by atoms with Crippen LogP contribution in [0.2, 0.25) is 0 Å². The molecule has 0 bridgehead atoms. The molecule has 3 aromatic rings. The van der Waals surface area contributed by atoms with Crippen molar-refractivity contribution in [2.45, 2.75) is 10.1 Å². The third-order valence-electron chi connectivity index (χ3n) is 3.11. The Hall–Kier alpha value is -1.87. The molecule has 2 aromatic carbocycles. The first-order valence-electron chi connectivity index (χ1n) is 6.81. The van der Waals surface area contributed by atoms with E-state index in [2.05, 4.69) is 38.1 Å². The lowest BCUT2D eigenvalue weighted by molar-refractivity contribution is 0.102. The second kappa shape index (κ2) is 7.14. The minimum atomic E-state index is -0.108. The fraction of sp³-hybridized carbons (Fsp3) is 0.0625. The zero-order chi connectivity index (χ0) is 16.2. The van der Waals surface area contributed by atoms with Crippen LogP contribution >= 0.6 is 34.4 Å². The summed E-state index contributed by atoms with van der Waals surface area (Å²) in [6, 6.07) is 15.2. The zero-order valence-corrected chi connectivity index (χ0v) is 15.2. The number of nitrogens with zero attached hydrogens (tertiary/aromatic N) is 3. The Morgan fingerprint density at radius 1 is 1.17 bits per heavy atom. The van der Waals surface area contributed by atoms with Gasteiger partial charge < -0.3 is 9.88 Å². The molecule has 0 fully saturated rings. The van der Waals surface area contributed by atoms with Crippen molar-refractivity contribution in [3.05, 3.63) is 64.0 Å². The van der Waals surface area contributed by atoms with E-state index >= 15 is 0 Å². The van der Waals surface area contributed by atoms with Gasteiger partial charge in [-0.2, -0.15) is 0 Å². The van der Waals surface area contributed by atoms with E-state index in [4.69, 9.17) is 0 Å². The monoisotopic (exact) mass is 436 g/mol. The average molecular weight is 436 g/mol. The standard InChI is InChI=1S/C16H13IN4OS/c1-21-10-18-20-16(21)23-12-8-6-11(7-9-12)19-15(22)13-4-2-3-5-14(13)17/h2-10H,1H3,(H,19,22). The maximum atomic E-state index is 12.3. The predicted molar refractivity (Wildman–Crippen MR) is 98.7 cm³/mol. The van der Waals surface area contributed by atoms with Crippen molar-refractivity contribution in [3.8, 4) is 0 Å². The Labute approximate surface area is 151 Å². The Balaban J connectivity index is 1.69. The predicted octanol–water partition coefficient (Wildman–Crippen LogP) is 3.82. The molecule has 1 N–H and O–H groups in total. The van der Waals surface area contributed by atoms with E-state index in [0.29, 0.717) is 5.56 Å². The second-order valence-corrected chi connectivity index (χ2v) is 6.99. The molecule has 5 nitrogen and oxygen atoms in total. The van der Waals surface area contributed by atoms with Crippen LogP contribution in [0.5, 0.6) is 0 Å². The summed E-state index contributed by atoms with van der Waals surface area (Å²) in [7, 11) is 1.90.